The molecule has 0 bridgehead atoms. The van der Waals surface area contributed by atoms with Crippen LogP contribution >= 0.6 is 0 Å². The van der Waals surface area contributed by atoms with Crippen LogP contribution in [0, 0.1) is 0 Å². The second-order valence-electron chi connectivity index (χ2n) is 8.19. The van der Waals surface area contributed by atoms with E-state index in [0.717, 1.165) is 16.9 Å². The Morgan fingerprint density at radius 3 is 2.35 bits per heavy atom. The summed E-state index contributed by atoms with van der Waals surface area (Å²) < 4.78 is 10.7. The van der Waals surface area contributed by atoms with Crippen molar-refractivity contribution < 1.29 is 19.4 Å². The Balaban J connectivity index is 1.32. The molecular formula is C25H27N3O6. The molecule has 9 nitrogen and oxygen atoms in total. The van der Waals surface area contributed by atoms with Crippen LogP contribution in [0.5, 0.6) is 5.75 Å². The zero-order chi connectivity index (χ0) is 24.1. The maximum absolute atomic E-state index is 12.5. The monoisotopic (exact) mass is 465 g/mol. The van der Waals surface area contributed by atoms with Gasteiger partial charge in [0.2, 0.25) is 0 Å². The highest BCUT2D eigenvalue weighted by atomic mass is 16.6. The largest absolute Gasteiger partial charge is 0.497 e. The van der Waals surface area contributed by atoms with Gasteiger partial charge in [0.25, 0.3) is 10.9 Å². The van der Waals surface area contributed by atoms with E-state index < -0.39 is 29.0 Å². The summed E-state index contributed by atoms with van der Waals surface area (Å²) in [6.45, 7) is 0.374. The number of carbonyl (C=O) groups is 1. The van der Waals surface area contributed by atoms with Crippen molar-refractivity contribution in [2.75, 3.05) is 30.8 Å². The maximum atomic E-state index is 12.5. The lowest BCUT2D eigenvalue weighted by Gasteiger charge is -2.22. The molecule has 9 heteroatoms. The van der Waals surface area contributed by atoms with Crippen LogP contribution in [0.3, 0.4) is 0 Å². The molecule has 3 atom stereocenters. The highest BCUT2D eigenvalue weighted by molar-refractivity contribution is 5.80. The molecule has 178 valence electrons. The molecule has 3 aromatic carbocycles. The summed E-state index contributed by atoms with van der Waals surface area (Å²) in [5, 5.41) is 19.1. The van der Waals surface area contributed by atoms with Crippen LogP contribution in [0.2, 0.25) is 0 Å². The molecule has 4 N–H and O–H groups in total. The second kappa shape index (κ2) is 10.5. The van der Waals surface area contributed by atoms with Gasteiger partial charge >= 0.3 is 5.97 Å². The molecule has 1 fully saturated rings. The fourth-order valence-corrected chi connectivity index (χ4v) is 4.01. The lowest BCUT2D eigenvalue weighted by atomic mass is 10.0. The highest BCUT2D eigenvalue weighted by Gasteiger charge is 2.37. The standard InChI is InChI=1S/C25H27N3O6/c1-33-17-9-7-15(8-10-17)11-18-25(19(29)13-26-18)34-20(30)14-28-22-21(23(31)24(22)32)27-12-16-5-3-2-4-6-16/h2-10,18-19,25-29H,11-14H2,1H3/t18-,19+,25+/m1/s1. The molecule has 1 saturated heterocycles. The molecule has 34 heavy (non-hydrogen) atoms. The molecule has 0 unspecified atom stereocenters. The van der Waals surface area contributed by atoms with Gasteiger partial charge in [-0.1, -0.05) is 42.5 Å². The Labute approximate surface area is 196 Å². The lowest BCUT2D eigenvalue weighted by Crippen LogP contribution is -2.41. The van der Waals surface area contributed by atoms with Crippen LogP contribution < -0.4 is 31.5 Å². The van der Waals surface area contributed by atoms with Crippen molar-refractivity contribution in [1.82, 2.24) is 5.32 Å². The summed E-state index contributed by atoms with van der Waals surface area (Å²) in [6, 6.07) is 16.7. The fraction of sp³-hybridized carbons (Fsp3) is 0.320. The molecule has 1 heterocycles. The van der Waals surface area contributed by atoms with Gasteiger partial charge in [-0.2, -0.15) is 0 Å². The first kappa shape index (κ1) is 23.5. The third-order valence-corrected chi connectivity index (χ3v) is 5.88. The normalized spacial score (nSPS) is 19.6. The molecule has 0 aromatic heterocycles. The van der Waals surface area contributed by atoms with Gasteiger partial charge in [0.05, 0.1) is 13.2 Å². The average molecular weight is 466 g/mol. The van der Waals surface area contributed by atoms with Crippen molar-refractivity contribution in [2.45, 2.75) is 31.2 Å². The van der Waals surface area contributed by atoms with Gasteiger partial charge in [-0.25, -0.2) is 0 Å². The van der Waals surface area contributed by atoms with E-state index in [4.69, 9.17) is 9.47 Å². The molecule has 3 aromatic rings. The molecule has 0 radical (unpaired) electrons. The summed E-state index contributed by atoms with van der Waals surface area (Å²) in [7, 11) is 1.60. The van der Waals surface area contributed by atoms with E-state index in [1.165, 1.54) is 0 Å². The van der Waals surface area contributed by atoms with Crippen molar-refractivity contribution >= 4 is 17.3 Å². The van der Waals surface area contributed by atoms with Crippen LogP contribution in [0.4, 0.5) is 11.4 Å². The van der Waals surface area contributed by atoms with Crippen molar-refractivity contribution in [1.29, 1.82) is 0 Å². The highest BCUT2D eigenvalue weighted by Crippen LogP contribution is 2.20. The van der Waals surface area contributed by atoms with E-state index >= 15 is 0 Å². The van der Waals surface area contributed by atoms with Gasteiger partial charge in [-0.3, -0.25) is 14.4 Å². The molecular weight excluding hydrogens is 438 g/mol. The summed E-state index contributed by atoms with van der Waals surface area (Å²) in [4.78, 5) is 36.4. The molecule has 0 saturated carbocycles. The van der Waals surface area contributed by atoms with Gasteiger partial charge in [-0.05, 0) is 29.7 Å². The second-order valence-corrected chi connectivity index (χ2v) is 8.19. The topological polar surface area (TPSA) is 126 Å². The number of aliphatic hydroxyl groups excluding tert-OH is 1. The van der Waals surface area contributed by atoms with Gasteiger partial charge in [0.1, 0.15) is 35.9 Å². The predicted molar refractivity (Wildman–Crippen MR) is 128 cm³/mol. The van der Waals surface area contributed by atoms with E-state index in [2.05, 4.69) is 16.0 Å². The van der Waals surface area contributed by atoms with Crippen molar-refractivity contribution in [3.05, 3.63) is 86.2 Å². The molecule has 0 amide bonds. The van der Waals surface area contributed by atoms with Crippen LogP contribution in [0.1, 0.15) is 11.1 Å². The Morgan fingerprint density at radius 1 is 1.00 bits per heavy atom. The van der Waals surface area contributed by atoms with E-state index in [-0.39, 0.29) is 24.0 Å². The number of benzene rings is 2. The molecule has 0 aliphatic carbocycles. The minimum atomic E-state index is -0.846. The maximum Gasteiger partial charge on any atom is 0.325 e. The SMILES string of the molecule is COc1ccc(C[C@H]2NC[C@H](O)[C@H]2OC(=O)CNc2c(NCc3ccccc3)c(=O)c2=O)cc1. The Hall–Kier alpha value is -3.69. The molecule has 4 rings (SSSR count). The number of nitrogens with one attached hydrogen (secondary N) is 3. The van der Waals surface area contributed by atoms with Crippen LogP contribution in [0.25, 0.3) is 0 Å². The minimum absolute atomic E-state index is 0.0674. The van der Waals surface area contributed by atoms with Gasteiger partial charge in [0.15, 0.2) is 0 Å². The lowest BCUT2D eigenvalue weighted by molar-refractivity contribution is -0.151. The van der Waals surface area contributed by atoms with Crippen LogP contribution in [-0.2, 0) is 22.5 Å². The van der Waals surface area contributed by atoms with E-state index in [1.54, 1.807) is 7.11 Å². The first-order valence-electron chi connectivity index (χ1n) is 11.0. The number of hydrogen-bond donors (Lipinski definition) is 4. The number of β-amino-alcohol motifs (C(OH)–C–C–N with tert-alkyl or cyclic N) is 1. The van der Waals surface area contributed by atoms with Gasteiger partial charge < -0.3 is 30.5 Å². The summed E-state index contributed by atoms with van der Waals surface area (Å²) >= 11 is 0. The fourth-order valence-electron chi connectivity index (χ4n) is 4.01. The summed E-state index contributed by atoms with van der Waals surface area (Å²) in [5.41, 5.74) is 0.875. The van der Waals surface area contributed by atoms with Crippen LogP contribution in [0.15, 0.2) is 64.2 Å². The number of rotatable bonds is 10. The number of esters is 1. The quantitative estimate of drug-likeness (QED) is 0.254. The third kappa shape index (κ3) is 5.27. The first-order valence-corrected chi connectivity index (χ1v) is 11.0. The zero-order valence-corrected chi connectivity index (χ0v) is 18.7. The van der Waals surface area contributed by atoms with E-state index in [9.17, 15) is 19.5 Å². The van der Waals surface area contributed by atoms with Gasteiger partial charge in [-0.15, -0.1) is 0 Å². The van der Waals surface area contributed by atoms with Gasteiger partial charge in [0, 0.05) is 13.1 Å². The average Bonchev–Trinajstić information content (AvgIpc) is 3.20. The Morgan fingerprint density at radius 2 is 1.68 bits per heavy atom. The summed E-state index contributed by atoms with van der Waals surface area (Å²) in [6.07, 6.45) is -1.03. The molecule has 1 aliphatic heterocycles. The zero-order valence-electron chi connectivity index (χ0n) is 18.7. The summed E-state index contributed by atoms with van der Waals surface area (Å²) in [5.74, 6) is 0.114. The molecule has 1 aliphatic rings. The van der Waals surface area contributed by atoms with Crippen LogP contribution in [-0.4, -0.2) is 49.5 Å². The first-order chi connectivity index (χ1) is 16.5. The number of hydrogen-bond acceptors (Lipinski definition) is 9. The number of carbonyl (C=O) groups excluding carboxylic acids is 1. The smallest absolute Gasteiger partial charge is 0.325 e. The molecule has 0 spiro atoms. The number of methoxy groups -OCH3 is 1. The Kier molecular flexibility index (Phi) is 7.24. The number of anilines is 2. The predicted octanol–water partition coefficient (Wildman–Crippen LogP) is 0.802. The third-order valence-electron chi connectivity index (χ3n) is 5.88. The van der Waals surface area contributed by atoms with Crippen molar-refractivity contribution in [3.63, 3.8) is 0 Å². The van der Waals surface area contributed by atoms with E-state index in [0.29, 0.717) is 19.5 Å². The number of aliphatic hydroxyl groups is 1. The minimum Gasteiger partial charge on any atom is -0.497 e. The number of ether oxygens (including phenoxy) is 2. The Bertz CT molecular complexity index is 1190. The van der Waals surface area contributed by atoms with Crippen molar-refractivity contribution in [2.24, 2.45) is 0 Å². The van der Waals surface area contributed by atoms with E-state index in [1.807, 2.05) is 54.6 Å². The van der Waals surface area contributed by atoms with Crippen molar-refractivity contribution in [3.8, 4) is 5.75 Å².